The van der Waals surface area contributed by atoms with E-state index in [2.05, 4.69) is 6.92 Å². The summed E-state index contributed by atoms with van der Waals surface area (Å²) in [7, 11) is 3.50. The summed E-state index contributed by atoms with van der Waals surface area (Å²) in [6, 6.07) is 0. The van der Waals surface area contributed by atoms with E-state index in [9.17, 15) is 0 Å². The molecule has 0 bridgehead atoms. The van der Waals surface area contributed by atoms with E-state index in [1.165, 1.54) is 0 Å². The molecule has 2 aliphatic rings. The van der Waals surface area contributed by atoms with Crippen LogP contribution in [0.5, 0.6) is 0 Å². The maximum absolute atomic E-state index is 5.77. The molecule has 0 radical (unpaired) electrons. The van der Waals surface area contributed by atoms with Gasteiger partial charge in [-0.3, -0.25) is 0 Å². The van der Waals surface area contributed by atoms with Crippen molar-refractivity contribution in [3.05, 3.63) is 0 Å². The van der Waals surface area contributed by atoms with Crippen molar-refractivity contribution < 1.29 is 17.3 Å². The number of alkyl halides is 2. The third kappa shape index (κ3) is 1.80. The third-order valence-corrected chi connectivity index (χ3v) is 7.85. The molecular formula is C9H17IO4. The molecule has 3 unspecified atom stereocenters. The van der Waals surface area contributed by atoms with E-state index < -0.39 is 20.2 Å². The molecule has 84 valence electrons. The van der Waals surface area contributed by atoms with Crippen molar-refractivity contribution in [3.8, 4) is 0 Å². The van der Waals surface area contributed by atoms with Gasteiger partial charge in [-0.2, -0.15) is 0 Å². The second-order valence-electron chi connectivity index (χ2n) is 3.50. The van der Waals surface area contributed by atoms with E-state index in [0.29, 0.717) is 10.5 Å². The van der Waals surface area contributed by atoms with E-state index in [-0.39, 0.29) is 18.3 Å². The van der Waals surface area contributed by atoms with Gasteiger partial charge in [-0.15, -0.1) is 0 Å². The molecule has 0 saturated carbocycles. The molecule has 2 heterocycles. The van der Waals surface area contributed by atoms with Crippen LogP contribution in [0.1, 0.15) is 6.92 Å². The van der Waals surface area contributed by atoms with Gasteiger partial charge in [0, 0.05) is 0 Å². The normalized spacial score (nSPS) is 45.2. The number of ether oxygens (including phenoxy) is 3. The summed E-state index contributed by atoms with van der Waals surface area (Å²) >= 11 is -1.39. The molecule has 5 heteroatoms. The zero-order chi connectivity index (χ0) is 10.1. The van der Waals surface area contributed by atoms with E-state index in [0.717, 1.165) is 4.61 Å². The number of hydrogen-bond acceptors (Lipinski definition) is 4. The summed E-state index contributed by atoms with van der Waals surface area (Å²) in [6.07, 6.45) is 0.426. The van der Waals surface area contributed by atoms with Crippen LogP contribution in [0.2, 0.25) is 0 Å². The number of rotatable bonds is 2. The molecule has 0 aromatic heterocycles. The van der Waals surface area contributed by atoms with Crippen LogP contribution in [0.4, 0.5) is 0 Å². The summed E-state index contributed by atoms with van der Waals surface area (Å²) in [5.41, 5.74) is 0. The van der Waals surface area contributed by atoms with Crippen LogP contribution in [-0.2, 0) is 17.3 Å². The molecule has 0 aromatic carbocycles. The molecule has 0 N–H and O–H groups in total. The third-order valence-electron chi connectivity index (χ3n) is 2.84. The fraction of sp³-hybridized carbons (Fsp3) is 1.00. The zero-order valence-electron chi connectivity index (χ0n) is 8.73. The van der Waals surface area contributed by atoms with Crippen molar-refractivity contribution >= 4 is 20.2 Å². The molecule has 2 aliphatic heterocycles. The van der Waals surface area contributed by atoms with Gasteiger partial charge in [0.15, 0.2) is 0 Å². The minimum atomic E-state index is -1.39. The van der Waals surface area contributed by atoms with Crippen molar-refractivity contribution in [2.24, 2.45) is 0 Å². The fourth-order valence-corrected chi connectivity index (χ4v) is 5.76. The fourth-order valence-electron chi connectivity index (χ4n) is 1.96. The average molecular weight is 316 g/mol. The van der Waals surface area contributed by atoms with Crippen molar-refractivity contribution in [1.82, 2.24) is 0 Å². The van der Waals surface area contributed by atoms with Crippen LogP contribution in [0.15, 0.2) is 0 Å². The van der Waals surface area contributed by atoms with Crippen LogP contribution in [-0.4, -0.2) is 47.7 Å². The molecule has 0 aliphatic carbocycles. The Morgan fingerprint density at radius 2 is 2.00 bits per heavy atom. The molecule has 0 spiro atoms. The van der Waals surface area contributed by atoms with Gasteiger partial charge in [0.05, 0.1) is 0 Å². The second kappa shape index (κ2) is 4.61. The maximum atomic E-state index is 5.77. The number of methoxy groups -OCH3 is 1. The Morgan fingerprint density at radius 1 is 1.21 bits per heavy atom. The van der Waals surface area contributed by atoms with Crippen molar-refractivity contribution in [2.45, 2.75) is 29.2 Å². The Kier molecular flexibility index (Phi) is 3.64. The predicted molar refractivity (Wildman–Crippen MR) is 60.8 cm³/mol. The van der Waals surface area contributed by atoms with Crippen LogP contribution in [0.3, 0.4) is 0 Å². The van der Waals surface area contributed by atoms with Crippen molar-refractivity contribution in [3.63, 3.8) is 0 Å². The molecule has 0 amide bonds. The summed E-state index contributed by atoms with van der Waals surface area (Å²) in [5.74, 6) is 0. The van der Waals surface area contributed by atoms with Gasteiger partial charge in [-0.1, -0.05) is 0 Å². The van der Waals surface area contributed by atoms with Gasteiger partial charge >= 0.3 is 92.1 Å². The molecular weight excluding hydrogens is 299 g/mol. The van der Waals surface area contributed by atoms with E-state index >= 15 is 0 Å². The van der Waals surface area contributed by atoms with E-state index in [1.54, 1.807) is 14.2 Å². The second-order valence-corrected chi connectivity index (χ2v) is 8.98. The Labute approximate surface area is 92.2 Å². The van der Waals surface area contributed by atoms with Gasteiger partial charge in [-0.05, 0) is 0 Å². The minimum absolute atomic E-state index is 0.109. The summed E-state index contributed by atoms with van der Waals surface area (Å²) in [6.45, 7) is 2.87. The van der Waals surface area contributed by atoms with Crippen LogP contribution >= 0.6 is 20.2 Å². The van der Waals surface area contributed by atoms with Crippen molar-refractivity contribution in [2.75, 3.05) is 25.4 Å². The number of halogens is 1. The monoisotopic (exact) mass is 316 g/mol. The molecule has 2 saturated heterocycles. The standard InChI is InChI=1S/C9H17IO4/c1-6-8-9(7(11-2)4-13-8)14-5-10(6)12-3/h6-9H,4-5H2,1-3H3/t6-,7?,8?,9?/m1/s1. The Bertz CT molecular complexity index is 199. The Morgan fingerprint density at radius 3 is 2.64 bits per heavy atom. The van der Waals surface area contributed by atoms with Gasteiger partial charge in [0.25, 0.3) is 0 Å². The first-order valence-corrected chi connectivity index (χ1v) is 8.38. The topological polar surface area (TPSA) is 36.9 Å². The van der Waals surface area contributed by atoms with Crippen LogP contribution in [0, 0.1) is 0 Å². The number of fused-ring (bicyclic) bond motifs is 1. The Balaban J connectivity index is 2.03. The first-order chi connectivity index (χ1) is 6.77. The Hall–Kier alpha value is 0.570. The van der Waals surface area contributed by atoms with E-state index in [1.807, 2.05) is 0 Å². The van der Waals surface area contributed by atoms with Gasteiger partial charge in [-0.25, -0.2) is 0 Å². The molecule has 0 aromatic rings. The van der Waals surface area contributed by atoms with Gasteiger partial charge in [0.2, 0.25) is 0 Å². The average Bonchev–Trinajstić information content (AvgIpc) is 2.62. The predicted octanol–water partition coefficient (Wildman–Crippen LogP) is 1.21. The zero-order valence-corrected chi connectivity index (χ0v) is 10.9. The molecule has 2 rings (SSSR count). The van der Waals surface area contributed by atoms with Crippen molar-refractivity contribution in [1.29, 1.82) is 0 Å². The molecule has 4 nitrogen and oxygen atoms in total. The summed E-state index contributed by atoms with van der Waals surface area (Å²) < 4.78 is 23.6. The van der Waals surface area contributed by atoms with Crippen LogP contribution < -0.4 is 0 Å². The SMILES string of the molecule is COC1COC2C1OCI(OC)[C@@H]2C. The van der Waals surface area contributed by atoms with Gasteiger partial charge < -0.3 is 0 Å². The van der Waals surface area contributed by atoms with Gasteiger partial charge in [0.1, 0.15) is 0 Å². The summed E-state index contributed by atoms with van der Waals surface area (Å²) in [4.78, 5) is 0. The van der Waals surface area contributed by atoms with E-state index in [4.69, 9.17) is 17.3 Å². The number of hydrogen-bond donors (Lipinski definition) is 0. The summed E-state index contributed by atoms with van der Waals surface area (Å²) in [5, 5.41) is 0. The van der Waals surface area contributed by atoms with Crippen LogP contribution in [0.25, 0.3) is 0 Å². The molecule has 14 heavy (non-hydrogen) atoms. The molecule has 2 fully saturated rings. The first-order valence-electron chi connectivity index (χ1n) is 4.73. The quantitative estimate of drug-likeness (QED) is 0.567. The molecule has 4 atom stereocenters. The first kappa shape index (κ1) is 11.1.